The van der Waals surface area contributed by atoms with Crippen molar-refractivity contribution in [1.82, 2.24) is 24.9 Å². The number of aromatic nitrogens is 5. The van der Waals surface area contributed by atoms with Gasteiger partial charge in [0.1, 0.15) is 11.4 Å². The molecule has 0 aliphatic heterocycles. The van der Waals surface area contributed by atoms with Crippen LogP contribution in [0.2, 0.25) is 0 Å². The van der Waals surface area contributed by atoms with E-state index in [1.165, 1.54) is 10.7 Å². The fourth-order valence-corrected chi connectivity index (χ4v) is 3.59. The molecule has 3 heterocycles. The summed E-state index contributed by atoms with van der Waals surface area (Å²) in [5.74, 6) is 1.47. The second-order valence-electron chi connectivity index (χ2n) is 7.63. The zero-order valence-electron chi connectivity index (χ0n) is 15.7. The van der Waals surface area contributed by atoms with E-state index in [1.54, 1.807) is 18.5 Å². The van der Waals surface area contributed by atoms with Gasteiger partial charge in [0.25, 0.3) is 17.4 Å². The van der Waals surface area contributed by atoms with E-state index in [9.17, 15) is 9.90 Å². The molecule has 0 spiro atoms. The Labute approximate surface area is 166 Å². The summed E-state index contributed by atoms with van der Waals surface area (Å²) in [7, 11) is 0. The van der Waals surface area contributed by atoms with Gasteiger partial charge >= 0.3 is 0 Å². The molecule has 0 amide bonds. The van der Waals surface area contributed by atoms with Gasteiger partial charge in [0.05, 0.1) is 11.9 Å². The van der Waals surface area contributed by atoms with Crippen LogP contribution in [0.25, 0.3) is 5.69 Å². The number of nitrogens with zero attached hydrogens (tertiary/aromatic N) is 5. The fourth-order valence-electron chi connectivity index (χ4n) is 3.59. The van der Waals surface area contributed by atoms with Gasteiger partial charge in [-0.1, -0.05) is 0 Å². The monoisotopic (exact) mass is 395 g/mol. The maximum Gasteiger partial charge on any atom is 0.271 e. The molecule has 0 saturated heterocycles. The summed E-state index contributed by atoms with van der Waals surface area (Å²) >= 11 is 0. The highest BCUT2D eigenvalue weighted by molar-refractivity contribution is 5.41. The summed E-state index contributed by atoms with van der Waals surface area (Å²) < 4.78 is 6.46. The molecule has 29 heavy (non-hydrogen) atoms. The zero-order valence-corrected chi connectivity index (χ0v) is 15.7. The molecule has 2 saturated carbocycles. The molecule has 2 fully saturated rings. The topological polar surface area (TPSA) is 131 Å². The number of pyridine rings is 1. The van der Waals surface area contributed by atoms with Crippen LogP contribution in [0.5, 0.6) is 0 Å². The van der Waals surface area contributed by atoms with Crippen LogP contribution >= 0.6 is 0 Å². The predicted molar refractivity (Wildman–Crippen MR) is 104 cm³/mol. The van der Waals surface area contributed by atoms with Gasteiger partial charge in [-0.3, -0.25) is 4.79 Å². The molecular formula is C19H21N7O3. The zero-order chi connectivity index (χ0) is 19.8. The highest BCUT2D eigenvalue weighted by Crippen LogP contribution is 2.44. The lowest BCUT2D eigenvalue weighted by molar-refractivity contribution is 0.108. The summed E-state index contributed by atoms with van der Waals surface area (Å²) in [5, 5.41) is 24.7. The summed E-state index contributed by atoms with van der Waals surface area (Å²) in [6.45, 7) is 0. The predicted octanol–water partition coefficient (Wildman–Crippen LogP) is 1.44. The van der Waals surface area contributed by atoms with Crippen molar-refractivity contribution in [2.45, 2.75) is 49.8 Å². The number of rotatable bonds is 6. The van der Waals surface area contributed by atoms with Crippen molar-refractivity contribution in [2.75, 3.05) is 10.6 Å². The van der Waals surface area contributed by atoms with Crippen LogP contribution in [0.1, 0.15) is 38.0 Å². The van der Waals surface area contributed by atoms with E-state index in [-0.39, 0.29) is 17.6 Å². The van der Waals surface area contributed by atoms with Crippen molar-refractivity contribution in [3.8, 4) is 5.69 Å². The average Bonchev–Trinajstić information content (AvgIpc) is 3.11. The number of nitrogens with one attached hydrogen (secondary N) is 2. The Kier molecular flexibility index (Phi) is 4.27. The third-order valence-electron chi connectivity index (χ3n) is 5.37. The molecular weight excluding hydrogens is 374 g/mol. The maximum atomic E-state index is 11.8. The van der Waals surface area contributed by atoms with Crippen LogP contribution in [0, 0.1) is 0 Å². The van der Waals surface area contributed by atoms with Crippen LogP contribution in [0.3, 0.4) is 0 Å². The first-order valence-corrected chi connectivity index (χ1v) is 9.69. The van der Waals surface area contributed by atoms with Gasteiger partial charge in [-0.05, 0) is 55.5 Å². The quantitative estimate of drug-likeness (QED) is 0.567. The van der Waals surface area contributed by atoms with Crippen LogP contribution in [0.15, 0.2) is 46.0 Å². The van der Waals surface area contributed by atoms with E-state index < -0.39 is 5.60 Å². The maximum absolute atomic E-state index is 11.8. The molecule has 2 aliphatic carbocycles. The Hall–Kier alpha value is -3.27. The number of hydrogen-bond acceptors (Lipinski definition) is 9. The van der Waals surface area contributed by atoms with Gasteiger partial charge in [0.15, 0.2) is 0 Å². The molecule has 10 heteroatoms. The molecule has 150 valence electrons. The van der Waals surface area contributed by atoms with Crippen molar-refractivity contribution in [2.24, 2.45) is 0 Å². The largest absolute Gasteiger partial charge is 0.380 e. The smallest absolute Gasteiger partial charge is 0.271 e. The van der Waals surface area contributed by atoms with Gasteiger partial charge in [-0.2, -0.15) is 14.8 Å². The summed E-state index contributed by atoms with van der Waals surface area (Å²) in [4.78, 5) is 20.5. The summed E-state index contributed by atoms with van der Waals surface area (Å²) in [6.07, 6.45) is 7.37. The van der Waals surface area contributed by atoms with Crippen molar-refractivity contribution < 1.29 is 9.63 Å². The Balaban J connectivity index is 1.17. The minimum Gasteiger partial charge on any atom is -0.380 e. The fraction of sp³-hybridized carbons (Fsp3) is 0.421. The van der Waals surface area contributed by atoms with E-state index in [0.717, 1.165) is 25.1 Å². The van der Waals surface area contributed by atoms with E-state index in [0.29, 0.717) is 30.4 Å². The van der Waals surface area contributed by atoms with Crippen LogP contribution in [-0.2, 0) is 5.60 Å². The third kappa shape index (κ3) is 3.70. The third-order valence-corrected chi connectivity index (χ3v) is 5.37. The number of aliphatic hydroxyl groups is 1. The molecule has 5 rings (SSSR count). The molecule has 0 radical (unpaired) electrons. The molecule has 0 bridgehead atoms. The van der Waals surface area contributed by atoms with Gasteiger partial charge in [-0.25, -0.2) is 4.98 Å². The molecule has 3 aromatic rings. The normalized spacial score (nSPS) is 22.4. The molecule has 10 nitrogen and oxygen atoms in total. The minimum absolute atomic E-state index is 0.196. The van der Waals surface area contributed by atoms with E-state index in [2.05, 4.69) is 30.9 Å². The van der Waals surface area contributed by atoms with E-state index >= 15 is 0 Å². The van der Waals surface area contributed by atoms with E-state index in [4.69, 9.17) is 4.52 Å². The lowest BCUT2D eigenvalue weighted by atomic mass is 10.2. The Bertz CT molecular complexity index is 1060. The Morgan fingerprint density at radius 2 is 2.00 bits per heavy atom. The Morgan fingerprint density at radius 3 is 2.72 bits per heavy atom. The summed E-state index contributed by atoms with van der Waals surface area (Å²) in [6, 6.07) is 7.22. The van der Waals surface area contributed by atoms with Crippen molar-refractivity contribution in [3.05, 3.63) is 52.9 Å². The average molecular weight is 395 g/mol. The van der Waals surface area contributed by atoms with Crippen molar-refractivity contribution in [3.63, 3.8) is 0 Å². The van der Waals surface area contributed by atoms with Gasteiger partial charge in [0.2, 0.25) is 0 Å². The summed E-state index contributed by atoms with van der Waals surface area (Å²) in [5.41, 5.74) is -0.485. The number of anilines is 2. The standard InChI is InChI=1S/C19H21N7O3/c27-16-2-1-9-21-26(16)14-5-6-15(20-11-14)22-12-3-4-13(10-12)23-18-24-17(29-25-18)19(28)7-8-19/h1-2,5-6,9,11-13,28H,3-4,7-8,10H2,(H,20,22)(H,23,25)/t12-,13-/m0/s1. The molecule has 2 atom stereocenters. The van der Waals surface area contributed by atoms with Crippen LogP contribution < -0.4 is 16.2 Å². The number of hydrogen-bond donors (Lipinski definition) is 3. The van der Waals surface area contributed by atoms with Crippen LogP contribution in [-0.4, -0.2) is 42.1 Å². The highest BCUT2D eigenvalue weighted by atomic mass is 16.5. The highest BCUT2D eigenvalue weighted by Gasteiger charge is 2.47. The van der Waals surface area contributed by atoms with Crippen molar-refractivity contribution >= 4 is 11.8 Å². The lowest BCUT2D eigenvalue weighted by Crippen LogP contribution is -2.22. The second-order valence-corrected chi connectivity index (χ2v) is 7.63. The molecule has 3 N–H and O–H groups in total. The van der Waals surface area contributed by atoms with Gasteiger partial charge < -0.3 is 20.3 Å². The SMILES string of the molecule is O=c1cccnn1-c1ccc(N[C@H]2CC[C@H](Nc3noc(C4(O)CC4)n3)C2)nc1. The second kappa shape index (κ2) is 6.96. The molecule has 0 unspecified atom stereocenters. The first-order chi connectivity index (χ1) is 14.1. The molecule has 0 aromatic carbocycles. The first kappa shape index (κ1) is 17.8. The van der Waals surface area contributed by atoms with Crippen LogP contribution in [0.4, 0.5) is 11.8 Å². The first-order valence-electron chi connectivity index (χ1n) is 9.69. The minimum atomic E-state index is -0.912. The Morgan fingerprint density at radius 1 is 1.17 bits per heavy atom. The van der Waals surface area contributed by atoms with Gasteiger partial charge in [0, 0.05) is 24.3 Å². The van der Waals surface area contributed by atoms with Gasteiger partial charge in [-0.15, -0.1) is 0 Å². The van der Waals surface area contributed by atoms with Crippen molar-refractivity contribution in [1.29, 1.82) is 0 Å². The lowest BCUT2D eigenvalue weighted by Gasteiger charge is -2.14. The molecule has 2 aliphatic rings. The van der Waals surface area contributed by atoms with E-state index in [1.807, 2.05) is 12.1 Å². The molecule has 3 aromatic heterocycles.